The van der Waals surface area contributed by atoms with Gasteiger partial charge in [-0.05, 0) is 49.3 Å². The normalized spacial score (nSPS) is 21.6. The van der Waals surface area contributed by atoms with Crippen molar-refractivity contribution in [1.29, 1.82) is 0 Å². The first-order valence-corrected chi connectivity index (χ1v) is 8.31. The summed E-state index contributed by atoms with van der Waals surface area (Å²) in [5, 5.41) is 7.08. The molecule has 2 aliphatic heterocycles. The molecule has 0 spiro atoms. The van der Waals surface area contributed by atoms with E-state index in [2.05, 4.69) is 39.8 Å². The molecule has 0 aliphatic carbocycles. The van der Waals surface area contributed by atoms with E-state index < -0.39 is 0 Å². The first kappa shape index (κ1) is 15.5. The number of thiocarbonyl (C=S) groups is 1. The molecule has 0 bridgehead atoms. The second-order valence-electron chi connectivity index (χ2n) is 5.62. The van der Waals surface area contributed by atoms with Crippen LogP contribution in [0.25, 0.3) is 0 Å². The zero-order valence-corrected chi connectivity index (χ0v) is 13.5. The Kier molecular flexibility index (Phi) is 5.48. The molecule has 6 heteroatoms. The van der Waals surface area contributed by atoms with Gasteiger partial charge in [-0.2, -0.15) is 0 Å². The van der Waals surface area contributed by atoms with E-state index >= 15 is 0 Å². The van der Waals surface area contributed by atoms with E-state index in [4.69, 9.17) is 21.7 Å². The Morgan fingerprint density at radius 2 is 1.95 bits per heavy atom. The van der Waals surface area contributed by atoms with Crippen LogP contribution in [0.2, 0.25) is 0 Å². The lowest BCUT2D eigenvalue weighted by molar-refractivity contribution is 0.114. The summed E-state index contributed by atoms with van der Waals surface area (Å²) in [4.78, 5) is 2.33. The molecule has 2 N–H and O–H groups in total. The molecule has 0 aromatic heterocycles. The van der Waals surface area contributed by atoms with E-state index in [1.807, 2.05) is 0 Å². The maximum absolute atomic E-state index is 5.57. The number of anilines is 2. The van der Waals surface area contributed by atoms with Crippen LogP contribution in [-0.4, -0.2) is 50.7 Å². The monoisotopic (exact) mass is 321 g/mol. The average Bonchev–Trinajstić information content (AvgIpc) is 3.08. The highest BCUT2D eigenvalue weighted by molar-refractivity contribution is 7.80. The molecular weight excluding hydrogens is 298 g/mol. The van der Waals surface area contributed by atoms with E-state index in [9.17, 15) is 0 Å². The molecule has 2 heterocycles. The molecule has 3 rings (SSSR count). The summed E-state index contributed by atoms with van der Waals surface area (Å²) in [6.45, 7) is 5.16. The van der Waals surface area contributed by atoms with Gasteiger partial charge in [-0.25, -0.2) is 0 Å². The highest BCUT2D eigenvalue weighted by atomic mass is 32.1. The van der Waals surface area contributed by atoms with Crippen molar-refractivity contribution in [2.75, 3.05) is 49.7 Å². The Balaban J connectivity index is 1.46. The van der Waals surface area contributed by atoms with E-state index in [0.717, 1.165) is 58.0 Å². The van der Waals surface area contributed by atoms with Crippen molar-refractivity contribution >= 4 is 28.7 Å². The standard InChI is InChI=1S/C16H23N3O2S/c22-16(17-12-15-2-1-9-21-15)18-13-3-5-14(6-4-13)19-7-10-20-11-8-19/h3-6,15H,1-2,7-12H2,(H2,17,18,22). The zero-order chi connectivity index (χ0) is 15.2. The molecule has 1 atom stereocenters. The van der Waals surface area contributed by atoms with Crippen LogP contribution < -0.4 is 15.5 Å². The highest BCUT2D eigenvalue weighted by Gasteiger charge is 2.15. The number of nitrogens with zero attached hydrogens (tertiary/aromatic N) is 1. The second-order valence-corrected chi connectivity index (χ2v) is 6.02. The molecule has 2 saturated heterocycles. The molecule has 120 valence electrons. The maximum atomic E-state index is 5.57. The predicted molar refractivity (Wildman–Crippen MR) is 92.7 cm³/mol. The van der Waals surface area contributed by atoms with Crippen LogP contribution in [0.1, 0.15) is 12.8 Å². The smallest absolute Gasteiger partial charge is 0.170 e. The Morgan fingerprint density at radius 1 is 1.18 bits per heavy atom. The molecule has 1 aromatic rings. The van der Waals surface area contributed by atoms with Crippen LogP contribution in [0.5, 0.6) is 0 Å². The summed E-state index contributed by atoms with van der Waals surface area (Å²) in [7, 11) is 0. The van der Waals surface area contributed by atoms with Crippen molar-refractivity contribution < 1.29 is 9.47 Å². The van der Waals surface area contributed by atoms with Gasteiger partial charge < -0.3 is 25.0 Å². The molecule has 0 saturated carbocycles. The number of hydrogen-bond donors (Lipinski definition) is 2. The van der Waals surface area contributed by atoms with E-state index in [0.29, 0.717) is 11.2 Å². The third-order valence-corrected chi connectivity index (χ3v) is 4.26. The van der Waals surface area contributed by atoms with Crippen LogP contribution >= 0.6 is 12.2 Å². The van der Waals surface area contributed by atoms with Gasteiger partial charge in [0.1, 0.15) is 0 Å². The van der Waals surface area contributed by atoms with Gasteiger partial charge in [-0.1, -0.05) is 0 Å². The summed E-state index contributed by atoms with van der Waals surface area (Å²) in [5.74, 6) is 0. The van der Waals surface area contributed by atoms with Crippen molar-refractivity contribution in [2.45, 2.75) is 18.9 Å². The van der Waals surface area contributed by atoms with E-state index in [1.54, 1.807) is 0 Å². The van der Waals surface area contributed by atoms with Crippen molar-refractivity contribution in [3.8, 4) is 0 Å². The summed E-state index contributed by atoms with van der Waals surface area (Å²) >= 11 is 5.32. The van der Waals surface area contributed by atoms with Crippen molar-refractivity contribution in [3.05, 3.63) is 24.3 Å². The van der Waals surface area contributed by atoms with Gasteiger partial charge in [0.05, 0.1) is 19.3 Å². The number of benzene rings is 1. The Morgan fingerprint density at radius 3 is 2.64 bits per heavy atom. The second kappa shape index (κ2) is 7.76. The van der Waals surface area contributed by atoms with Gasteiger partial charge in [0, 0.05) is 37.6 Å². The van der Waals surface area contributed by atoms with Gasteiger partial charge in [0.25, 0.3) is 0 Å². The minimum absolute atomic E-state index is 0.295. The Hall–Kier alpha value is -1.37. The lowest BCUT2D eigenvalue weighted by Gasteiger charge is -2.29. The lowest BCUT2D eigenvalue weighted by Crippen LogP contribution is -2.36. The van der Waals surface area contributed by atoms with E-state index in [1.165, 1.54) is 5.69 Å². The lowest BCUT2D eigenvalue weighted by atomic mass is 10.2. The zero-order valence-electron chi connectivity index (χ0n) is 12.7. The first-order chi connectivity index (χ1) is 10.8. The van der Waals surface area contributed by atoms with Gasteiger partial charge in [-0.3, -0.25) is 0 Å². The molecule has 0 radical (unpaired) electrons. The maximum Gasteiger partial charge on any atom is 0.170 e. The van der Waals surface area contributed by atoms with Crippen LogP contribution in [0.15, 0.2) is 24.3 Å². The van der Waals surface area contributed by atoms with Crippen molar-refractivity contribution in [3.63, 3.8) is 0 Å². The van der Waals surface area contributed by atoms with Crippen molar-refractivity contribution in [1.82, 2.24) is 5.32 Å². The predicted octanol–water partition coefficient (Wildman–Crippen LogP) is 1.99. The van der Waals surface area contributed by atoms with Crippen LogP contribution in [0, 0.1) is 0 Å². The number of nitrogens with one attached hydrogen (secondary N) is 2. The summed E-state index contributed by atoms with van der Waals surface area (Å²) in [5.41, 5.74) is 2.23. The number of rotatable bonds is 4. The quantitative estimate of drug-likeness (QED) is 0.827. The minimum atomic E-state index is 0.295. The molecule has 5 nitrogen and oxygen atoms in total. The summed E-state index contributed by atoms with van der Waals surface area (Å²) < 4.78 is 10.9. The van der Waals surface area contributed by atoms with Gasteiger partial charge in [-0.15, -0.1) is 0 Å². The van der Waals surface area contributed by atoms with Crippen LogP contribution in [0.4, 0.5) is 11.4 Å². The fraction of sp³-hybridized carbons (Fsp3) is 0.562. The molecule has 2 fully saturated rings. The fourth-order valence-electron chi connectivity index (χ4n) is 2.76. The number of hydrogen-bond acceptors (Lipinski definition) is 4. The van der Waals surface area contributed by atoms with E-state index in [-0.39, 0.29) is 0 Å². The minimum Gasteiger partial charge on any atom is -0.378 e. The highest BCUT2D eigenvalue weighted by Crippen LogP contribution is 2.19. The fourth-order valence-corrected chi connectivity index (χ4v) is 2.97. The molecular formula is C16H23N3O2S. The SMILES string of the molecule is S=C(NCC1CCCO1)Nc1ccc(N2CCOCC2)cc1. The summed E-state index contributed by atoms with van der Waals surface area (Å²) in [6.07, 6.45) is 2.56. The molecule has 2 aliphatic rings. The van der Waals surface area contributed by atoms with Crippen LogP contribution in [0.3, 0.4) is 0 Å². The Bertz CT molecular complexity index is 483. The summed E-state index contributed by atoms with van der Waals surface area (Å²) in [6, 6.07) is 8.36. The number of morpholine rings is 1. The molecule has 1 aromatic carbocycles. The largest absolute Gasteiger partial charge is 0.378 e. The number of ether oxygens (including phenoxy) is 2. The van der Waals surface area contributed by atoms with Crippen LogP contribution in [-0.2, 0) is 9.47 Å². The average molecular weight is 321 g/mol. The molecule has 22 heavy (non-hydrogen) atoms. The molecule has 1 unspecified atom stereocenters. The van der Waals surface area contributed by atoms with Gasteiger partial charge in [0.2, 0.25) is 0 Å². The van der Waals surface area contributed by atoms with Gasteiger partial charge in [0.15, 0.2) is 5.11 Å². The van der Waals surface area contributed by atoms with Gasteiger partial charge >= 0.3 is 0 Å². The Labute approximate surface area is 137 Å². The first-order valence-electron chi connectivity index (χ1n) is 7.90. The molecule has 0 amide bonds. The third kappa shape index (κ3) is 4.32. The topological polar surface area (TPSA) is 45.8 Å². The van der Waals surface area contributed by atoms with Crippen molar-refractivity contribution in [2.24, 2.45) is 0 Å². The third-order valence-electron chi connectivity index (χ3n) is 4.02.